The Labute approximate surface area is 183 Å². The van der Waals surface area contributed by atoms with Crippen LogP contribution in [0.1, 0.15) is 55.8 Å². The first-order chi connectivity index (χ1) is 15.1. The third kappa shape index (κ3) is 5.56. The summed E-state index contributed by atoms with van der Waals surface area (Å²) in [6.07, 6.45) is -1.30. The van der Waals surface area contributed by atoms with E-state index in [1.54, 1.807) is 13.8 Å². The number of H-pyrrole nitrogens is 1. The van der Waals surface area contributed by atoms with Gasteiger partial charge in [-0.1, -0.05) is 0 Å². The highest BCUT2D eigenvalue weighted by atomic mass is 16.6. The summed E-state index contributed by atoms with van der Waals surface area (Å²) in [6, 6.07) is 5.00. The van der Waals surface area contributed by atoms with Crippen LogP contribution in [0.2, 0.25) is 0 Å². The first kappa shape index (κ1) is 24.3. The molecule has 0 saturated carbocycles. The summed E-state index contributed by atoms with van der Waals surface area (Å²) in [6.45, 7) is 4.57. The molecule has 1 aromatic carbocycles. The lowest BCUT2D eigenvalue weighted by atomic mass is 10.1. The number of benzene rings is 1. The smallest absolute Gasteiger partial charge is 0.339 e. The molecular weight excluding hydrogens is 422 g/mol. The Morgan fingerprint density at radius 2 is 1.78 bits per heavy atom. The maximum atomic E-state index is 12.6. The average Bonchev–Trinajstić information content (AvgIpc) is 3.06. The number of hydrogen-bond acceptors (Lipinski definition) is 8. The lowest BCUT2D eigenvalue weighted by Crippen LogP contribution is -2.29. The van der Waals surface area contributed by atoms with Gasteiger partial charge >= 0.3 is 11.9 Å². The van der Waals surface area contributed by atoms with Gasteiger partial charge in [0.2, 0.25) is 5.78 Å². The molecule has 32 heavy (non-hydrogen) atoms. The van der Waals surface area contributed by atoms with Crippen LogP contribution in [0.4, 0.5) is 5.69 Å². The fraction of sp³-hybridized carbons (Fsp3) is 0.333. The van der Waals surface area contributed by atoms with Crippen molar-refractivity contribution in [3.8, 4) is 0 Å². The minimum atomic E-state index is -1.12. The van der Waals surface area contributed by atoms with Gasteiger partial charge in [0.1, 0.15) is 0 Å². The van der Waals surface area contributed by atoms with Gasteiger partial charge in [-0.15, -0.1) is 0 Å². The first-order valence-electron chi connectivity index (χ1n) is 9.60. The zero-order chi connectivity index (χ0) is 24.0. The molecule has 2 aromatic rings. The van der Waals surface area contributed by atoms with E-state index in [0.29, 0.717) is 11.3 Å². The van der Waals surface area contributed by atoms with Crippen LogP contribution in [0.5, 0.6) is 0 Å². The number of hydrogen-bond donors (Lipinski definition) is 2. The summed E-state index contributed by atoms with van der Waals surface area (Å²) >= 11 is 0. The normalized spacial score (nSPS) is 11.4. The number of nitro benzene ring substituents is 1. The summed E-state index contributed by atoms with van der Waals surface area (Å²) in [4.78, 5) is 61.5. The maximum absolute atomic E-state index is 12.6. The second-order valence-electron chi connectivity index (χ2n) is 6.92. The molecule has 0 saturated heterocycles. The maximum Gasteiger partial charge on any atom is 0.339 e. The van der Waals surface area contributed by atoms with E-state index in [9.17, 15) is 29.3 Å². The molecule has 0 unspecified atom stereocenters. The SMILES string of the molecule is COC(=O)c1c(C)[nH]c(C(=O)[C@H](C)OC(=O)CCNC(=O)c2ccc([N+](=O)[O-])cc2)c1C. The van der Waals surface area contributed by atoms with E-state index in [1.165, 1.54) is 38.3 Å². The first-order valence-corrected chi connectivity index (χ1v) is 9.60. The second-order valence-corrected chi connectivity index (χ2v) is 6.92. The van der Waals surface area contributed by atoms with Crippen LogP contribution >= 0.6 is 0 Å². The van der Waals surface area contributed by atoms with Crippen LogP contribution in [-0.4, -0.2) is 53.3 Å². The van der Waals surface area contributed by atoms with E-state index in [0.717, 1.165) is 0 Å². The van der Waals surface area contributed by atoms with E-state index in [4.69, 9.17) is 9.47 Å². The number of carbonyl (C=O) groups excluding carboxylic acids is 4. The topological polar surface area (TPSA) is 158 Å². The van der Waals surface area contributed by atoms with Gasteiger partial charge in [-0.3, -0.25) is 24.5 Å². The van der Waals surface area contributed by atoms with Gasteiger partial charge in [-0.25, -0.2) is 4.79 Å². The number of nitrogens with one attached hydrogen (secondary N) is 2. The predicted octanol–water partition coefficient (Wildman–Crippen LogP) is 2.26. The van der Waals surface area contributed by atoms with Gasteiger partial charge in [0.05, 0.1) is 29.7 Å². The number of aromatic amines is 1. The summed E-state index contributed by atoms with van der Waals surface area (Å²) in [7, 11) is 1.24. The number of non-ortho nitro benzene ring substituents is 1. The van der Waals surface area contributed by atoms with Gasteiger partial charge < -0.3 is 19.8 Å². The highest BCUT2D eigenvalue weighted by molar-refractivity contribution is 6.04. The van der Waals surface area contributed by atoms with Crippen molar-refractivity contribution in [2.75, 3.05) is 13.7 Å². The standard InChI is InChI=1S/C21H23N3O8/c1-11-17(21(28)31-4)12(2)23-18(11)19(26)13(3)32-16(25)9-10-22-20(27)14-5-7-15(8-6-14)24(29)30/h5-8,13,23H,9-10H2,1-4H3,(H,22,27)/t13-/m0/s1. The van der Waals surface area contributed by atoms with Crippen molar-refractivity contribution >= 4 is 29.3 Å². The molecule has 0 fully saturated rings. The Morgan fingerprint density at radius 1 is 1.16 bits per heavy atom. The summed E-state index contributed by atoms with van der Waals surface area (Å²) in [5.74, 6) is -2.30. The Bertz CT molecular complexity index is 1060. The van der Waals surface area contributed by atoms with Crippen LogP contribution in [-0.2, 0) is 14.3 Å². The predicted molar refractivity (Wildman–Crippen MR) is 112 cm³/mol. The molecule has 0 aliphatic heterocycles. The average molecular weight is 445 g/mol. The number of amides is 1. The molecular formula is C21H23N3O8. The number of nitrogens with zero attached hydrogens (tertiary/aromatic N) is 1. The third-order valence-electron chi connectivity index (χ3n) is 4.71. The Balaban J connectivity index is 1.89. The number of ether oxygens (including phenoxy) is 2. The largest absolute Gasteiger partial charge is 0.465 e. The fourth-order valence-electron chi connectivity index (χ4n) is 3.03. The molecule has 1 aromatic heterocycles. The van der Waals surface area contributed by atoms with Gasteiger partial charge in [0.25, 0.3) is 11.6 Å². The number of rotatable bonds is 9. The number of aromatic nitrogens is 1. The van der Waals surface area contributed by atoms with Crippen LogP contribution < -0.4 is 5.32 Å². The van der Waals surface area contributed by atoms with Crippen LogP contribution in [0.3, 0.4) is 0 Å². The van der Waals surface area contributed by atoms with E-state index in [1.807, 2.05) is 0 Å². The number of carbonyl (C=O) groups is 4. The summed E-state index contributed by atoms with van der Waals surface area (Å²) < 4.78 is 9.84. The van der Waals surface area contributed by atoms with E-state index in [-0.39, 0.29) is 35.5 Å². The van der Waals surface area contributed by atoms with Crippen molar-refractivity contribution < 1.29 is 33.6 Å². The monoisotopic (exact) mass is 445 g/mol. The van der Waals surface area contributed by atoms with Crippen LogP contribution in [0.15, 0.2) is 24.3 Å². The zero-order valence-electron chi connectivity index (χ0n) is 18.0. The minimum absolute atomic E-state index is 0.0529. The minimum Gasteiger partial charge on any atom is -0.465 e. The molecule has 11 nitrogen and oxygen atoms in total. The molecule has 0 spiro atoms. The van der Waals surface area contributed by atoms with Crippen molar-refractivity contribution in [3.05, 3.63) is 62.5 Å². The van der Waals surface area contributed by atoms with Crippen LogP contribution in [0, 0.1) is 24.0 Å². The molecule has 1 atom stereocenters. The van der Waals surface area contributed by atoms with Crippen molar-refractivity contribution in [1.29, 1.82) is 0 Å². The van der Waals surface area contributed by atoms with Crippen molar-refractivity contribution in [1.82, 2.24) is 10.3 Å². The quantitative estimate of drug-likeness (QED) is 0.257. The molecule has 0 aliphatic carbocycles. The van der Waals surface area contributed by atoms with E-state index < -0.39 is 34.7 Å². The number of methoxy groups -OCH3 is 1. The van der Waals surface area contributed by atoms with E-state index >= 15 is 0 Å². The summed E-state index contributed by atoms with van der Waals surface area (Å²) in [5, 5.41) is 13.1. The van der Waals surface area contributed by atoms with Gasteiger partial charge in [-0.2, -0.15) is 0 Å². The summed E-state index contributed by atoms with van der Waals surface area (Å²) in [5.41, 5.74) is 1.32. The van der Waals surface area contributed by atoms with Crippen molar-refractivity contribution in [3.63, 3.8) is 0 Å². The number of nitro groups is 1. The number of ketones is 1. The Kier molecular flexibility index (Phi) is 7.83. The van der Waals surface area contributed by atoms with E-state index in [2.05, 4.69) is 10.3 Å². The molecule has 170 valence electrons. The molecule has 1 amide bonds. The molecule has 0 aliphatic rings. The van der Waals surface area contributed by atoms with Crippen molar-refractivity contribution in [2.24, 2.45) is 0 Å². The molecule has 11 heteroatoms. The number of aryl methyl sites for hydroxylation is 1. The Morgan fingerprint density at radius 3 is 2.34 bits per heavy atom. The Hall–Kier alpha value is -4.02. The lowest BCUT2D eigenvalue weighted by Gasteiger charge is -2.12. The number of Topliss-reactive ketones (excluding diaryl/α,β-unsaturated/α-hetero) is 1. The van der Waals surface area contributed by atoms with Gasteiger partial charge in [0.15, 0.2) is 6.10 Å². The van der Waals surface area contributed by atoms with Gasteiger partial charge in [0, 0.05) is 29.9 Å². The zero-order valence-corrected chi connectivity index (χ0v) is 18.0. The highest BCUT2D eigenvalue weighted by Crippen LogP contribution is 2.21. The molecule has 1 heterocycles. The number of esters is 2. The highest BCUT2D eigenvalue weighted by Gasteiger charge is 2.27. The van der Waals surface area contributed by atoms with Crippen LogP contribution in [0.25, 0.3) is 0 Å². The van der Waals surface area contributed by atoms with Gasteiger partial charge in [-0.05, 0) is 38.5 Å². The lowest BCUT2D eigenvalue weighted by molar-refractivity contribution is -0.384. The molecule has 0 bridgehead atoms. The molecule has 2 N–H and O–H groups in total. The second kappa shape index (κ2) is 10.3. The molecule has 2 rings (SSSR count). The third-order valence-corrected chi connectivity index (χ3v) is 4.71. The van der Waals surface area contributed by atoms with Crippen molar-refractivity contribution in [2.45, 2.75) is 33.3 Å². The fourth-order valence-corrected chi connectivity index (χ4v) is 3.03. The molecule has 0 radical (unpaired) electrons.